The van der Waals surface area contributed by atoms with E-state index < -0.39 is 5.97 Å². The molecule has 4 nitrogen and oxygen atoms in total. The molecule has 0 bridgehead atoms. The zero-order valence-corrected chi connectivity index (χ0v) is 11.5. The Morgan fingerprint density at radius 2 is 2.10 bits per heavy atom. The van der Waals surface area contributed by atoms with Crippen LogP contribution >= 0.6 is 0 Å². The van der Waals surface area contributed by atoms with Crippen LogP contribution in [0.3, 0.4) is 0 Å². The minimum absolute atomic E-state index is 0.202. The first-order chi connectivity index (χ1) is 9.74. The molecule has 0 aliphatic carbocycles. The molecule has 0 N–H and O–H groups in total. The van der Waals surface area contributed by atoms with E-state index in [0.717, 1.165) is 37.0 Å². The van der Waals surface area contributed by atoms with E-state index in [9.17, 15) is 9.59 Å². The second-order valence-corrected chi connectivity index (χ2v) is 5.00. The van der Waals surface area contributed by atoms with E-state index in [0.29, 0.717) is 5.39 Å². The normalized spacial score (nSPS) is 14.1. The van der Waals surface area contributed by atoms with E-state index in [1.807, 2.05) is 18.2 Å². The fourth-order valence-electron chi connectivity index (χ4n) is 2.94. The Hall–Kier alpha value is -2.10. The van der Waals surface area contributed by atoms with E-state index in [4.69, 9.17) is 4.74 Å². The maximum absolute atomic E-state index is 12.6. The molecule has 2 aromatic rings. The number of hydrogen-bond donors (Lipinski definition) is 0. The van der Waals surface area contributed by atoms with Gasteiger partial charge < -0.3 is 9.30 Å². The van der Waals surface area contributed by atoms with Crippen molar-refractivity contribution in [1.82, 2.24) is 4.57 Å². The average molecular weight is 271 g/mol. The zero-order valence-electron chi connectivity index (χ0n) is 11.5. The number of aromatic nitrogens is 1. The first-order valence-electron chi connectivity index (χ1n) is 7.05. The lowest BCUT2D eigenvalue weighted by Crippen LogP contribution is -2.27. The molecule has 104 valence electrons. The highest BCUT2D eigenvalue weighted by molar-refractivity contribution is 5.95. The van der Waals surface area contributed by atoms with Gasteiger partial charge in [0.15, 0.2) is 0 Å². The van der Waals surface area contributed by atoms with Gasteiger partial charge in [-0.05, 0) is 38.3 Å². The molecule has 2 heterocycles. The molecular weight excluding hydrogens is 254 g/mol. The van der Waals surface area contributed by atoms with Crippen molar-refractivity contribution >= 4 is 16.9 Å². The number of carbonyl (C=O) groups excluding carboxylic acids is 1. The predicted octanol–water partition coefficient (Wildman–Crippen LogP) is 2.51. The minimum atomic E-state index is -0.492. The van der Waals surface area contributed by atoms with Crippen LogP contribution in [0.25, 0.3) is 10.9 Å². The number of aryl methyl sites for hydroxylation is 1. The van der Waals surface area contributed by atoms with Crippen LogP contribution in [0, 0.1) is 0 Å². The number of ether oxygens (including phenoxy) is 1. The van der Waals surface area contributed by atoms with Crippen LogP contribution in [0.2, 0.25) is 0 Å². The zero-order chi connectivity index (χ0) is 14.1. The van der Waals surface area contributed by atoms with Crippen molar-refractivity contribution in [2.24, 2.45) is 0 Å². The highest BCUT2D eigenvalue weighted by Crippen LogP contribution is 2.23. The van der Waals surface area contributed by atoms with Crippen LogP contribution in [0.15, 0.2) is 29.1 Å². The van der Waals surface area contributed by atoms with Gasteiger partial charge in [-0.15, -0.1) is 0 Å². The molecule has 4 heteroatoms. The topological polar surface area (TPSA) is 48.3 Å². The molecule has 3 rings (SSSR count). The molecule has 0 saturated heterocycles. The summed E-state index contributed by atoms with van der Waals surface area (Å²) in [7, 11) is 0. The van der Waals surface area contributed by atoms with Crippen LogP contribution in [0.4, 0.5) is 0 Å². The summed E-state index contributed by atoms with van der Waals surface area (Å²) in [6, 6.07) is 7.48. The van der Waals surface area contributed by atoms with Crippen molar-refractivity contribution in [1.29, 1.82) is 0 Å². The van der Waals surface area contributed by atoms with Gasteiger partial charge in [-0.1, -0.05) is 12.1 Å². The van der Waals surface area contributed by atoms with E-state index in [-0.39, 0.29) is 17.6 Å². The molecule has 1 aromatic heterocycles. The molecule has 1 aliphatic rings. The van der Waals surface area contributed by atoms with Crippen molar-refractivity contribution in [3.63, 3.8) is 0 Å². The first-order valence-corrected chi connectivity index (χ1v) is 7.05. The molecule has 0 spiro atoms. The third kappa shape index (κ3) is 1.92. The van der Waals surface area contributed by atoms with Crippen LogP contribution in [-0.4, -0.2) is 17.1 Å². The number of carbonyl (C=O) groups is 1. The fraction of sp³-hybridized carbons (Fsp3) is 0.375. The number of fused-ring (bicyclic) bond motifs is 3. The van der Waals surface area contributed by atoms with Gasteiger partial charge >= 0.3 is 5.97 Å². The molecule has 20 heavy (non-hydrogen) atoms. The Morgan fingerprint density at radius 1 is 1.30 bits per heavy atom. The average Bonchev–Trinajstić information content (AvgIpc) is 2.48. The van der Waals surface area contributed by atoms with E-state index in [1.54, 1.807) is 13.0 Å². The van der Waals surface area contributed by atoms with Crippen LogP contribution in [-0.2, 0) is 17.7 Å². The number of pyridine rings is 1. The second kappa shape index (κ2) is 5.12. The first kappa shape index (κ1) is 12.9. The summed E-state index contributed by atoms with van der Waals surface area (Å²) in [6.07, 6.45) is 2.83. The van der Waals surface area contributed by atoms with Gasteiger partial charge in [0, 0.05) is 17.6 Å². The summed E-state index contributed by atoms with van der Waals surface area (Å²) in [5, 5.41) is 0.598. The van der Waals surface area contributed by atoms with Crippen molar-refractivity contribution in [3.8, 4) is 0 Å². The lowest BCUT2D eigenvalue weighted by molar-refractivity contribution is 0.0522. The molecule has 0 amide bonds. The lowest BCUT2D eigenvalue weighted by atomic mass is 10.00. The molecule has 0 unspecified atom stereocenters. The smallest absolute Gasteiger partial charge is 0.343 e. The summed E-state index contributed by atoms with van der Waals surface area (Å²) in [6.45, 7) is 2.89. The van der Waals surface area contributed by atoms with Crippen molar-refractivity contribution in [2.75, 3.05) is 6.61 Å². The Morgan fingerprint density at radius 3 is 2.90 bits per heavy atom. The summed E-state index contributed by atoms with van der Waals surface area (Å²) in [5.74, 6) is -0.492. The molecule has 0 atom stereocenters. The number of esters is 1. The molecule has 1 aromatic carbocycles. The number of benzene rings is 1. The maximum Gasteiger partial charge on any atom is 0.343 e. The van der Waals surface area contributed by atoms with Gasteiger partial charge in [-0.2, -0.15) is 0 Å². The molecule has 0 saturated carbocycles. The summed E-state index contributed by atoms with van der Waals surface area (Å²) >= 11 is 0. The van der Waals surface area contributed by atoms with Gasteiger partial charge in [0.05, 0.1) is 12.1 Å². The predicted molar refractivity (Wildman–Crippen MR) is 77.1 cm³/mol. The van der Waals surface area contributed by atoms with Gasteiger partial charge in [-0.3, -0.25) is 4.79 Å². The SMILES string of the molecule is CCOC(=O)c1c2n(c3ccccc3c1=O)CCCC2. The highest BCUT2D eigenvalue weighted by atomic mass is 16.5. The Kier molecular flexibility index (Phi) is 3.30. The summed E-state index contributed by atoms with van der Waals surface area (Å²) in [5.41, 5.74) is 1.77. The number of rotatable bonds is 2. The highest BCUT2D eigenvalue weighted by Gasteiger charge is 2.24. The Labute approximate surface area is 117 Å². The van der Waals surface area contributed by atoms with Crippen LogP contribution in [0.5, 0.6) is 0 Å². The second-order valence-electron chi connectivity index (χ2n) is 5.00. The van der Waals surface area contributed by atoms with Crippen molar-refractivity contribution in [3.05, 3.63) is 45.7 Å². The Bertz CT molecular complexity index is 730. The lowest BCUT2D eigenvalue weighted by Gasteiger charge is -2.23. The Balaban J connectivity index is 2.36. The van der Waals surface area contributed by atoms with Gasteiger partial charge in [-0.25, -0.2) is 4.79 Å². The molecular formula is C16H17NO3. The quantitative estimate of drug-likeness (QED) is 0.788. The molecule has 0 fully saturated rings. The molecule has 1 aliphatic heterocycles. The van der Waals surface area contributed by atoms with E-state index in [2.05, 4.69) is 4.57 Å². The number of hydrogen-bond acceptors (Lipinski definition) is 3. The standard InChI is InChI=1S/C16H17NO3/c1-2-20-16(19)14-13-9-5-6-10-17(13)12-8-4-3-7-11(12)15(14)18/h3-4,7-8H,2,5-6,9-10H2,1H3. The van der Waals surface area contributed by atoms with Gasteiger partial charge in [0.25, 0.3) is 0 Å². The third-order valence-corrected chi connectivity index (χ3v) is 3.81. The summed E-state index contributed by atoms with van der Waals surface area (Å²) < 4.78 is 7.18. The van der Waals surface area contributed by atoms with Crippen LogP contribution in [0.1, 0.15) is 35.8 Å². The molecule has 0 radical (unpaired) electrons. The third-order valence-electron chi connectivity index (χ3n) is 3.81. The van der Waals surface area contributed by atoms with E-state index in [1.165, 1.54) is 0 Å². The maximum atomic E-state index is 12.6. The van der Waals surface area contributed by atoms with Gasteiger partial charge in [0.2, 0.25) is 5.43 Å². The van der Waals surface area contributed by atoms with Crippen LogP contribution < -0.4 is 5.43 Å². The number of para-hydroxylation sites is 1. The minimum Gasteiger partial charge on any atom is -0.462 e. The largest absolute Gasteiger partial charge is 0.462 e. The van der Waals surface area contributed by atoms with Crippen molar-refractivity contribution in [2.45, 2.75) is 32.7 Å². The van der Waals surface area contributed by atoms with Crippen molar-refractivity contribution < 1.29 is 9.53 Å². The van der Waals surface area contributed by atoms with E-state index >= 15 is 0 Å². The fourth-order valence-corrected chi connectivity index (χ4v) is 2.94. The monoisotopic (exact) mass is 271 g/mol. The van der Waals surface area contributed by atoms with Gasteiger partial charge in [0.1, 0.15) is 5.56 Å². The number of nitrogens with zero attached hydrogens (tertiary/aromatic N) is 1. The summed E-state index contributed by atoms with van der Waals surface area (Å²) in [4.78, 5) is 24.7.